The van der Waals surface area contributed by atoms with Crippen molar-refractivity contribution < 1.29 is 14.4 Å². The first-order valence-corrected chi connectivity index (χ1v) is 6.96. The highest BCUT2D eigenvalue weighted by Crippen LogP contribution is 2.40. The zero-order valence-electron chi connectivity index (χ0n) is 12.4. The van der Waals surface area contributed by atoms with Gasteiger partial charge in [-0.3, -0.25) is 10.1 Å². The van der Waals surface area contributed by atoms with E-state index >= 15 is 0 Å². The molecule has 0 amide bonds. The molecule has 0 aromatic heterocycles. The van der Waals surface area contributed by atoms with Crippen LogP contribution in [-0.4, -0.2) is 38.8 Å². The lowest BCUT2D eigenvalue weighted by atomic mass is 9.96. The molecule has 7 heteroatoms. The lowest BCUT2D eigenvalue weighted by Gasteiger charge is -2.33. The van der Waals surface area contributed by atoms with Gasteiger partial charge >= 0.3 is 0 Å². The Morgan fingerprint density at radius 1 is 1.29 bits per heavy atom. The second-order valence-corrected chi connectivity index (χ2v) is 5.12. The molecule has 1 aromatic carbocycles. The van der Waals surface area contributed by atoms with Crippen LogP contribution in [0.5, 0.6) is 11.5 Å². The number of hydrogen-bond donors (Lipinski definition) is 1. The van der Waals surface area contributed by atoms with Gasteiger partial charge in [-0.25, -0.2) is 0 Å². The number of rotatable bonds is 5. The summed E-state index contributed by atoms with van der Waals surface area (Å²) in [4.78, 5) is 13.0. The Morgan fingerprint density at radius 3 is 2.33 bits per heavy atom. The van der Waals surface area contributed by atoms with E-state index in [0.717, 1.165) is 25.9 Å². The van der Waals surface area contributed by atoms with Crippen LogP contribution >= 0.6 is 0 Å². The normalized spacial score (nSPS) is 15.9. The topological polar surface area (TPSA) is 90.9 Å². The number of nitro groups is 1. The van der Waals surface area contributed by atoms with E-state index < -0.39 is 0 Å². The molecule has 2 rings (SSSR count). The van der Waals surface area contributed by atoms with Gasteiger partial charge in [-0.1, -0.05) is 0 Å². The van der Waals surface area contributed by atoms with Gasteiger partial charge in [0, 0.05) is 19.2 Å². The van der Waals surface area contributed by atoms with Crippen molar-refractivity contribution in [2.75, 3.05) is 38.8 Å². The minimum absolute atomic E-state index is 0.0406. The fraction of sp³-hybridized carbons (Fsp3) is 0.571. The van der Waals surface area contributed by atoms with Crippen LogP contribution in [-0.2, 0) is 0 Å². The highest BCUT2D eigenvalue weighted by atomic mass is 16.6. The molecule has 7 nitrogen and oxygen atoms in total. The Hall–Kier alpha value is -2.02. The summed E-state index contributed by atoms with van der Waals surface area (Å²) in [5.74, 6) is 1.37. The second-order valence-electron chi connectivity index (χ2n) is 5.12. The number of benzene rings is 1. The van der Waals surface area contributed by atoms with Gasteiger partial charge in [-0.05, 0) is 25.3 Å². The summed E-state index contributed by atoms with van der Waals surface area (Å²) in [7, 11) is 2.99. The molecule has 0 bridgehead atoms. The molecule has 21 heavy (non-hydrogen) atoms. The average molecular weight is 295 g/mol. The van der Waals surface area contributed by atoms with Gasteiger partial charge in [0.1, 0.15) is 5.69 Å². The van der Waals surface area contributed by atoms with Crippen LogP contribution in [0, 0.1) is 16.0 Å². The molecule has 1 saturated heterocycles. The molecule has 0 aliphatic carbocycles. The maximum atomic E-state index is 11.3. The maximum absolute atomic E-state index is 11.3. The van der Waals surface area contributed by atoms with Crippen molar-refractivity contribution in [3.05, 3.63) is 22.2 Å². The molecule has 1 aromatic rings. The van der Waals surface area contributed by atoms with Crippen molar-refractivity contribution in [2.24, 2.45) is 11.7 Å². The highest BCUT2D eigenvalue weighted by Gasteiger charge is 2.26. The van der Waals surface area contributed by atoms with E-state index in [0.29, 0.717) is 29.6 Å². The van der Waals surface area contributed by atoms with Gasteiger partial charge < -0.3 is 20.1 Å². The summed E-state index contributed by atoms with van der Waals surface area (Å²) < 4.78 is 10.4. The van der Waals surface area contributed by atoms with Crippen LogP contribution in [0.4, 0.5) is 11.4 Å². The Bertz CT molecular complexity index is 513. The lowest BCUT2D eigenvalue weighted by Crippen LogP contribution is -2.36. The standard InChI is InChI=1S/C14H21N3O4/c1-20-13-7-11(12(17(18)19)8-14(13)21-2)16-5-3-10(9-15)4-6-16/h7-8,10H,3-6,9,15H2,1-2H3. The van der Waals surface area contributed by atoms with Crippen LogP contribution < -0.4 is 20.1 Å². The van der Waals surface area contributed by atoms with E-state index in [-0.39, 0.29) is 10.6 Å². The van der Waals surface area contributed by atoms with Crippen molar-refractivity contribution in [1.82, 2.24) is 0 Å². The monoisotopic (exact) mass is 295 g/mol. The Morgan fingerprint density at radius 2 is 1.86 bits per heavy atom. The Kier molecular flexibility index (Phi) is 4.85. The quantitative estimate of drug-likeness (QED) is 0.658. The second kappa shape index (κ2) is 6.62. The first-order chi connectivity index (χ1) is 10.1. The molecule has 0 atom stereocenters. The summed E-state index contributed by atoms with van der Waals surface area (Å²) in [5.41, 5.74) is 6.30. The fourth-order valence-corrected chi connectivity index (χ4v) is 2.67. The predicted octanol–water partition coefficient (Wildman–Crippen LogP) is 1.79. The number of nitro benzene ring substituents is 1. The largest absolute Gasteiger partial charge is 0.493 e. The van der Waals surface area contributed by atoms with Crippen LogP contribution in [0.3, 0.4) is 0 Å². The third kappa shape index (κ3) is 3.18. The molecule has 116 valence electrons. The number of nitrogens with two attached hydrogens (primary N) is 1. The molecule has 0 radical (unpaired) electrons. The molecular formula is C14H21N3O4. The third-order valence-corrected chi connectivity index (χ3v) is 3.97. The van der Waals surface area contributed by atoms with E-state index in [1.54, 1.807) is 6.07 Å². The number of nitrogens with zero attached hydrogens (tertiary/aromatic N) is 2. The highest BCUT2D eigenvalue weighted by molar-refractivity contribution is 5.70. The average Bonchev–Trinajstić information content (AvgIpc) is 2.53. The molecule has 0 unspecified atom stereocenters. The van der Waals surface area contributed by atoms with Crippen molar-refractivity contribution in [3.63, 3.8) is 0 Å². The first-order valence-electron chi connectivity index (χ1n) is 6.96. The van der Waals surface area contributed by atoms with E-state index in [9.17, 15) is 10.1 Å². The van der Waals surface area contributed by atoms with E-state index in [2.05, 4.69) is 0 Å². The van der Waals surface area contributed by atoms with Gasteiger partial charge in [0.15, 0.2) is 11.5 Å². The molecule has 2 N–H and O–H groups in total. The summed E-state index contributed by atoms with van der Waals surface area (Å²) >= 11 is 0. The number of piperidine rings is 1. The van der Waals surface area contributed by atoms with Crippen LogP contribution in [0.25, 0.3) is 0 Å². The summed E-state index contributed by atoms with van der Waals surface area (Å²) in [6.07, 6.45) is 1.89. The number of hydrogen-bond acceptors (Lipinski definition) is 6. The number of methoxy groups -OCH3 is 2. The molecule has 0 spiro atoms. The third-order valence-electron chi connectivity index (χ3n) is 3.97. The Labute approximate surface area is 123 Å². The molecule has 1 fully saturated rings. The first kappa shape index (κ1) is 15.4. The zero-order valence-corrected chi connectivity index (χ0v) is 12.4. The molecule has 1 heterocycles. The predicted molar refractivity (Wildman–Crippen MR) is 80.2 cm³/mol. The number of ether oxygens (including phenoxy) is 2. The zero-order chi connectivity index (χ0) is 15.4. The van der Waals surface area contributed by atoms with E-state index in [4.69, 9.17) is 15.2 Å². The molecule has 1 aliphatic rings. The smallest absolute Gasteiger partial charge is 0.296 e. The van der Waals surface area contributed by atoms with Crippen molar-refractivity contribution in [2.45, 2.75) is 12.8 Å². The summed E-state index contributed by atoms with van der Waals surface area (Å²) in [5, 5.41) is 11.3. The minimum Gasteiger partial charge on any atom is -0.493 e. The molecular weight excluding hydrogens is 274 g/mol. The van der Waals surface area contributed by atoms with Crippen molar-refractivity contribution >= 4 is 11.4 Å². The SMILES string of the molecule is COc1cc(N2CCC(CN)CC2)c([N+](=O)[O-])cc1OC. The summed E-state index contributed by atoms with van der Waals surface area (Å²) in [6.45, 7) is 2.19. The van der Waals surface area contributed by atoms with Gasteiger partial charge in [0.05, 0.1) is 25.2 Å². The molecule has 1 aliphatic heterocycles. The van der Waals surface area contributed by atoms with Crippen molar-refractivity contribution in [1.29, 1.82) is 0 Å². The van der Waals surface area contributed by atoms with Gasteiger partial charge in [0.2, 0.25) is 0 Å². The lowest BCUT2D eigenvalue weighted by molar-refractivity contribution is -0.384. The molecule has 0 saturated carbocycles. The number of anilines is 1. The Balaban J connectivity index is 2.35. The van der Waals surface area contributed by atoms with Crippen LogP contribution in [0.2, 0.25) is 0 Å². The fourth-order valence-electron chi connectivity index (χ4n) is 2.67. The van der Waals surface area contributed by atoms with Crippen molar-refractivity contribution in [3.8, 4) is 11.5 Å². The van der Waals surface area contributed by atoms with Gasteiger partial charge in [-0.2, -0.15) is 0 Å². The van der Waals surface area contributed by atoms with Gasteiger partial charge in [0.25, 0.3) is 5.69 Å². The maximum Gasteiger partial charge on any atom is 0.296 e. The van der Waals surface area contributed by atoms with Gasteiger partial charge in [-0.15, -0.1) is 0 Å². The van der Waals surface area contributed by atoms with Crippen LogP contribution in [0.15, 0.2) is 12.1 Å². The van der Waals surface area contributed by atoms with E-state index in [1.807, 2.05) is 4.90 Å². The summed E-state index contributed by atoms with van der Waals surface area (Å²) in [6, 6.07) is 3.10. The van der Waals surface area contributed by atoms with Crippen LogP contribution in [0.1, 0.15) is 12.8 Å². The minimum atomic E-state index is -0.383. The van der Waals surface area contributed by atoms with E-state index in [1.165, 1.54) is 20.3 Å².